The summed E-state index contributed by atoms with van der Waals surface area (Å²) in [6, 6.07) is 1.06. The van der Waals surface area contributed by atoms with Crippen LogP contribution < -0.4 is 10.6 Å². The number of rotatable bonds is 2. The van der Waals surface area contributed by atoms with Gasteiger partial charge in [0.15, 0.2) is 0 Å². The van der Waals surface area contributed by atoms with Gasteiger partial charge >= 0.3 is 0 Å². The standard InChI is InChI=1S/C11H10Cl2N6O/c12-8-2-9(19-11(13)17-8)18-10(20)6-1-5-7(3-14-6)16-4-15-5/h2,4,6,14H,1,3H2,(H,15,16)(H,17,18,19,20). The second-order valence-corrected chi connectivity index (χ2v) is 5.02. The molecule has 1 amide bonds. The lowest BCUT2D eigenvalue weighted by Gasteiger charge is -2.22. The number of H-pyrrole nitrogens is 1. The summed E-state index contributed by atoms with van der Waals surface area (Å²) in [4.78, 5) is 27.0. The molecule has 0 radical (unpaired) electrons. The molecule has 1 atom stereocenters. The molecule has 2 aromatic heterocycles. The van der Waals surface area contributed by atoms with E-state index in [4.69, 9.17) is 23.2 Å². The van der Waals surface area contributed by atoms with Crippen molar-refractivity contribution < 1.29 is 4.79 Å². The second-order valence-electron chi connectivity index (χ2n) is 4.30. The first-order chi connectivity index (χ1) is 9.61. The average molecular weight is 313 g/mol. The van der Waals surface area contributed by atoms with Crippen LogP contribution in [0.25, 0.3) is 0 Å². The van der Waals surface area contributed by atoms with Crippen LogP contribution >= 0.6 is 23.2 Å². The minimum Gasteiger partial charge on any atom is -0.347 e. The van der Waals surface area contributed by atoms with Crippen LogP contribution in [0.4, 0.5) is 5.82 Å². The number of carbonyl (C=O) groups is 1. The van der Waals surface area contributed by atoms with E-state index in [-0.39, 0.29) is 28.2 Å². The molecule has 3 rings (SSSR count). The van der Waals surface area contributed by atoms with Crippen LogP contribution in [-0.4, -0.2) is 31.9 Å². The zero-order chi connectivity index (χ0) is 14.1. The minimum absolute atomic E-state index is 0.0148. The Morgan fingerprint density at radius 2 is 2.25 bits per heavy atom. The quantitative estimate of drug-likeness (QED) is 0.571. The molecule has 1 unspecified atom stereocenters. The molecule has 9 heteroatoms. The van der Waals surface area contributed by atoms with Crippen molar-refractivity contribution in [1.29, 1.82) is 0 Å². The molecule has 20 heavy (non-hydrogen) atoms. The summed E-state index contributed by atoms with van der Waals surface area (Å²) >= 11 is 11.4. The molecule has 1 aliphatic heterocycles. The summed E-state index contributed by atoms with van der Waals surface area (Å²) in [6.45, 7) is 0.568. The van der Waals surface area contributed by atoms with E-state index in [0.717, 1.165) is 11.4 Å². The van der Waals surface area contributed by atoms with Crippen LogP contribution in [-0.2, 0) is 17.8 Å². The summed E-state index contributed by atoms with van der Waals surface area (Å²) in [5.74, 6) is 0.0547. The van der Waals surface area contributed by atoms with Gasteiger partial charge in [-0.05, 0) is 11.6 Å². The maximum absolute atomic E-state index is 12.2. The summed E-state index contributed by atoms with van der Waals surface area (Å²) in [6.07, 6.45) is 2.13. The van der Waals surface area contributed by atoms with Gasteiger partial charge in [0.1, 0.15) is 11.0 Å². The molecule has 0 saturated heterocycles. The first-order valence-electron chi connectivity index (χ1n) is 5.87. The monoisotopic (exact) mass is 312 g/mol. The predicted molar refractivity (Wildman–Crippen MR) is 73.6 cm³/mol. The molecule has 0 saturated carbocycles. The molecule has 0 aliphatic carbocycles. The lowest BCUT2D eigenvalue weighted by molar-refractivity contribution is -0.118. The highest BCUT2D eigenvalue weighted by Gasteiger charge is 2.26. The molecular weight excluding hydrogens is 303 g/mol. The largest absolute Gasteiger partial charge is 0.347 e. The molecule has 104 valence electrons. The van der Waals surface area contributed by atoms with Crippen molar-refractivity contribution in [3.8, 4) is 0 Å². The molecule has 1 aliphatic rings. The molecule has 0 fully saturated rings. The number of halogens is 2. The number of aromatic amines is 1. The van der Waals surface area contributed by atoms with Crippen molar-refractivity contribution in [2.45, 2.75) is 19.0 Å². The Hall–Kier alpha value is -1.70. The van der Waals surface area contributed by atoms with Crippen LogP contribution in [0.15, 0.2) is 12.4 Å². The normalized spacial score (nSPS) is 17.6. The van der Waals surface area contributed by atoms with Crippen LogP contribution in [0.3, 0.4) is 0 Å². The van der Waals surface area contributed by atoms with Gasteiger partial charge < -0.3 is 10.3 Å². The van der Waals surface area contributed by atoms with Crippen molar-refractivity contribution in [2.75, 3.05) is 5.32 Å². The van der Waals surface area contributed by atoms with E-state index in [9.17, 15) is 4.79 Å². The first kappa shape index (κ1) is 13.3. The van der Waals surface area contributed by atoms with Crippen molar-refractivity contribution in [2.24, 2.45) is 0 Å². The van der Waals surface area contributed by atoms with E-state index >= 15 is 0 Å². The maximum atomic E-state index is 12.2. The number of aromatic nitrogens is 4. The highest BCUT2D eigenvalue weighted by molar-refractivity contribution is 6.32. The Morgan fingerprint density at radius 1 is 1.40 bits per heavy atom. The number of nitrogens with one attached hydrogen (secondary N) is 3. The topological polar surface area (TPSA) is 95.6 Å². The zero-order valence-electron chi connectivity index (χ0n) is 10.2. The number of carbonyl (C=O) groups excluding carboxylic acids is 1. The van der Waals surface area contributed by atoms with Gasteiger partial charge in [-0.15, -0.1) is 0 Å². The number of hydrogen-bond acceptors (Lipinski definition) is 5. The molecule has 0 bridgehead atoms. The lowest BCUT2D eigenvalue weighted by atomic mass is 10.0. The highest BCUT2D eigenvalue weighted by Crippen LogP contribution is 2.16. The van der Waals surface area contributed by atoms with Gasteiger partial charge in [0.2, 0.25) is 11.2 Å². The fourth-order valence-electron chi connectivity index (χ4n) is 2.02. The van der Waals surface area contributed by atoms with Gasteiger partial charge in [-0.3, -0.25) is 10.1 Å². The van der Waals surface area contributed by atoms with Crippen LogP contribution in [0.2, 0.25) is 10.4 Å². The fraction of sp³-hybridized carbons (Fsp3) is 0.273. The number of amides is 1. The van der Waals surface area contributed by atoms with E-state index in [0.29, 0.717) is 13.0 Å². The summed E-state index contributed by atoms with van der Waals surface area (Å²) < 4.78 is 0. The molecule has 3 heterocycles. The third-order valence-electron chi connectivity index (χ3n) is 2.97. The Balaban J connectivity index is 1.71. The number of nitrogens with zero attached hydrogens (tertiary/aromatic N) is 3. The molecule has 0 aromatic carbocycles. The summed E-state index contributed by atoms with van der Waals surface area (Å²) in [5, 5.41) is 5.93. The number of anilines is 1. The van der Waals surface area contributed by atoms with E-state index in [1.165, 1.54) is 6.07 Å². The van der Waals surface area contributed by atoms with Gasteiger partial charge in [0.25, 0.3) is 0 Å². The molecule has 2 aromatic rings. The van der Waals surface area contributed by atoms with Crippen LogP contribution in [0.1, 0.15) is 11.4 Å². The Bertz CT molecular complexity index is 638. The van der Waals surface area contributed by atoms with E-state index in [1.807, 2.05) is 0 Å². The van der Waals surface area contributed by atoms with Gasteiger partial charge in [-0.25, -0.2) is 15.0 Å². The van der Waals surface area contributed by atoms with E-state index < -0.39 is 0 Å². The highest BCUT2D eigenvalue weighted by atomic mass is 35.5. The van der Waals surface area contributed by atoms with Gasteiger partial charge in [-0.1, -0.05) is 11.6 Å². The van der Waals surface area contributed by atoms with Crippen molar-refractivity contribution in [1.82, 2.24) is 25.3 Å². The van der Waals surface area contributed by atoms with E-state index in [2.05, 4.69) is 30.6 Å². The third kappa shape index (κ3) is 2.74. The Kier molecular flexibility index (Phi) is 3.56. The number of imidazole rings is 1. The lowest BCUT2D eigenvalue weighted by Crippen LogP contribution is -2.44. The van der Waals surface area contributed by atoms with Crippen molar-refractivity contribution in [3.05, 3.63) is 34.2 Å². The van der Waals surface area contributed by atoms with Crippen LogP contribution in [0.5, 0.6) is 0 Å². The minimum atomic E-state index is -0.377. The van der Waals surface area contributed by atoms with Gasteiger partial charge in [0.05, 0.1) is 23.8 Å². The Morgan fingerprint density at radius 3 is 3.05 bits per heavy atom. The SMILES string of the molecule is O=C(Nc1cc(Cl)nc(Cl)n1)C1Cc2nc[nH]c2CN1. The second kappa shape index (κ2) is 5.35. The van der Waals surface area contributed by atoms with Gasteiger partial charge in [0, 0.05) is 19.0 Å². The molecule has 7 nitrogen and oxygen atoms in total. The average Bonchev–Trinajstić information content (AvgIpc) is 2.84. The van der Waals surface area contributed by atoms with Crippen molar-refractivity contribution in [3.63, 3.8) is 0 Å². The van der Waals surface area contributed by atoms with E-state index in [1.54, 1.807) is 6.33 Å². The van der Waals surface area contributed by atoms with Gasteiger partial charge in [-0.2, -0.15) is 0 Å². The third-order valence-corrected chi connectivity index (χ3v) is 3.33. The molecule has 3 N–H and O–H groups in total. The zero-order valence-corrected chi connectivity index (χ0v) is 11.7. The maximum Gasteiger partial charge on any atom is 0.243 e. The summed E-state index contributed by atoms with van der Waals surface area (Å²) in [7, 11) is 0. The Labute approximate surface area is 124 Å². The summed E-state index contributed by atoms with van der Waals surface area (Å²) in [5.41, 5.74) is 1.89. The number of hydrogen-bond donors (Lipinski definition) is 3. The fourth-order valence-corrected chi connectivity index (χ4v) is 2.43. The first-order valence-corrected chi connectivity index (χ1v) is 6.63. The number of fused-ring (bicyclic) bond motifs is 1. The smallest absolute Gasteiger partial charge is 0.243 e. The predicted octanol–water partition coefficient (Wildman–Crippen LogP) is 1.16. The van der Waals surface area contributed by atoms with Crippen LogP contribution in [0, 0.1) is 0 Å². The van der Waals surface area contributed by atoms with Crippen molar-refractivity contribution >= 4 is 34.9 Å². The molecule has 0 spiro atoms. The molecular formula is C11H10Cl2N6O.